The summed E-state index contributed by atoms with van der Waals surface area (Å²) in [7, 11) is 0. The Morgan fingerprint density at radius 3 is 2.75 bits per heavy atom. The van der Waals surface area contributed by atoms with Gasteiger partial charge in [0.1, 0.15) is 12.7 Å². The Balaban J connectivity index is 1.48. The van der Waals surface area contributed by atoms with Crippen molar-refractivity contribution in [2.24, 2.45) is 0 Å². The molecule has 106 valence electrons. The smallest absolute Gasteiger partial charge is 0.161 e. The lowest BCUT2D eigenvalue weighted by Gasteiger charge is -2.26. The molecule has 0 amide bonds. The number of hydrogen-bond acceptors (Lipinski definition) is 4. The Bertz CT molecular complexity index is 567. The highest BCUT2D eigenvalue weighted by atomic mass is 32.1. The Labute approximate surface area is 123 Å². The van der Waals surface area contributed by atoms with E-state index in [4.69, 9.17) is 9.47 Å². The Kier molecular flexibility index (Phi) is 4.23. The second kappa shape index (κ2) is 6.29. The van der Waals surface area contributed by atoms with E-state index >= 15 is 0 Å². The summed E-state index contributed by atoms with van der Waals surface area (Å²) in [6.07, 6.45) is 1.19. The molecule has 1 aliphatic heterocycles. The van der Waals surface area contributed by atoms with Crippen molar-refractivity contribution < 1.29 is 9.47 Å². The van der Waals surface area contributed by atoms with Crippen LogP contribution in [0.1, 0.15) is 16.7 Å². The Morgan fingerprint density at radius 2 is 1.95 bits per heavy atom. The molecule has 1 aromatic heterocycles. The Hall–Kier alpha value is -1.52. The van der Waals surface area contributed by atoms with E-state index in [9.17, 15) is 0 Å². The average Bonchev–Trinajstić information content (AvgIpc) is 2.95. The van der Waals surface area contributed by atoms with Gasteiger partial charge in [-0.2, -0.15) is 0 Å². The van der Waals surface area contributed by atoms with Crippen molar-refractivity contribution in [2.45, 2.75) is 26.0 Å². The molecule has 1 N–H and O–H groups in total. The number of thiophene rings is 1. The molecular weight excluding hydrogens is 270 g/mol. The van der Waals surface area contributed by atoms with Crippen LogP contribution in [0.25, 0.3) is 0 Å². The van der Waals surface area contributed by atoms with E-state index in [-0.39, 0.29) is 6.10 Å². The molecule has 20 heavy (non-hydrogen) atoms. The van der Waals surface area contributed by atoms with Crippen LogP contribution < -0.4 is 14.8 Å². The van der Waals surface area contributed by atoms with Gasteiger partial charge < -0.3 is 14.8 Å². The summed E-state index contributed by atoms with van der Waals surface area (Å²) < 4.78 is 11.6. The highest BCUT2D eigenvalue weighted by Gasteiger charge is 2.19. The van der Waals surface area contributed by atoms with Gasteiger partial charge in [-0.3, -0.25) is 0 Å². The molecule has 0 bridgehead atoms. The number of fused-ring (bicyclic) bond motifs is 1. The number of benzene rings is 1. The molecule has 2 heterocycles. The molecule has 2 aromatic rings. The summed E-state index contributed by atoms with van der Waals surface area (Å²) in [5, 5.41) is 3.45. The minimum absolute atomic E-state index is 0.0792. The monoisotopic (exact) mass is 289 g/mol. The first-order chi connectivity index (χ1) is 9.85. The summed E-state index contributed by atoms with van der Waals surface area (Å²) in [5.41, 5.74) is 0. The average molecular weight is 289 g/mol. The standard InChI is InChI=1S/C16H19NO2S/c1-2-13-7-8-14(20-13)10-17-9-12-11-18-15-5-3-4-6-16(15)19-12/h3-8,12,17H,2,9-11H2,1H3. The predicted octanol–water partition coefficient (Wildman–Crippen LogP) is 3.24. The van der Waals surface area contributed by atoms with E-state index in [1.54, 1.807) is 0 Å². The zero-order valence-corrected chi connectivity index (χ0v) is 12.4. The molecule has 0 saturated carbocycles. The third kappa shape index (κ3) is 3.14. The third-order valence-corrected chi connectivity index (χ3v) is 4.53. The lowest BCUT2D eigenvalue weighted by molar-refractivity contribution is 0.0903. The van der Waals surface area contributed by atoms with Crippen LogP contribution in [0.2, 0.25) is 0 Å². The molecule has 4 heteroatoms. The summed E-state index contributed by atoms with van der Waals surface area (Å²) in [6, 6.07) is 12.2. The number of nitrogens with one attached hydrogen (secondary N) is 1. The van der Waals surface area contributed by atoms with Gasteiger partial charge >= 0.3 is 0 Å². The van der Waals surface area contributed by atoms with Crippen molar-refractivity contribution in [2.75, 3.05) is 13.2 Å². The molecular formula is C16H19NO2S. The van der Waals surface area contributed by atoms with Crippen LogP contribution in [0.4, 0.5) is 0 Å². The number of para-hydroxylation sites is 2. The van der Waals surface area contributed by atoms with Crippen LogP contribution in [-0.4, -0.2) is 19.3 Å². The maximum atomic E-state index is 5.91. The van der Waals surface area contributed by atoms with Crippen LogP contribution in [0.5, 0.6) is 11.5 Å². The van der Waals surface area contributed by atoms with Crippen LogP contribution >= 0.6 is 11.3 Å². The van der Waals surface area contributed by atoms with Crippen LogP contribution in [0, 0.1) is 0 Å². The summed E-state index contributed by atoms with van der Waals surface area (Å²) in [4.78, 5) is 2.81. The van der Waals surface area contributed by atoms with E-state index in [0.29, 0.717) is 6.61 Å². The minimum atomic E-state index is 0.0792. The second-order valence-corrected chi connectivity index (χ2v) is 6.10. The van der Waals surface area contributed by atoms with Gasteiger partial charge in [0, 0.05) is 22.8 Å². The number of ether oxygens (including phenoxy) is 2. The topological polar surface area (TPSA) is 30.5 Å². The molecule has 3 nitrogen and oxygen atoms in total. The van der Waals surface area contributed by atoms with Gasteiger partial charge in [0.25, 0.3) is 0 Å². The zero-order chi connectivity index (χ0) is 13.8. The van der Waals surface area contributed by atoms with E-state index in [0.717, 1.165) is 31.0 Å². The van der Waals surface area contributed by atoms with Crippen molar-refractivity contribution in [3.05, 3.63) is 46.2 Å². The lowest BCUT2D eigenvalue weighted by atomic mass is 10.2. The van der Waals surface area contributed by atoms with Crippen molar-refractivity contribution in [3.8, 4) is 11.5 Å². The van der Waals surface area contributed by atoms with Crippen molar-refractivity contribution >= 4 is 11.3 Å². The van der Waals surface area contributed by atoms with Crippen LogP contribution in [0.3, 0.4) is 0 Å². The van der Waals surface area contributed by atoms with E-state index in [1.165, 1.54) is 9.75 Å². The lowest BCUT2D eigenvalue weighted by Crippen LogP contribution is -2.38. The summed E-state index contributed by atoms with van der Waals surface area (Å²) in [5.74, 6) is 1.68. The summed E-state index contributed by atoms with van der Waals surface area (Å²) >= 11 is 1.87. The van der Waals surface area contributed by atoms with Gasteiger partial charge in [-0.1, -0.05) is 19.1 Å². The maximum Gasteiger partial charge on any atom is 0.161 e. The fourth-order valence-electron chi connectivity index (χ4n) is 2.23. The fraction of sp³-hybridized carbons (Fsp3) is 0.375. The van der Waals surface area contributed by atoms with Gasteiger partial charge in [-0.25, -0.2) is 0 Å². The predicted molar refractivity (Wildman–Crippen MR) is 81.8 cm³/mol. The van der Waals surface area contributed by atoms with E-state index in [2.05, 4.69) is 24.4 Å². The maximum absolute atomic E-state index is 5.91. The van der Waals surface area contributed by atoms with Crippen molar-refractivity contribution in [3.63, 3.8) is 0 Å². The molecule has 1 atom stereocenters. The fourth-order valence-corrected chi connectivity index (χ4v) is 3.15. The van der Waals surface area contributed by atoms with E-state index < -0.39 is 0 Å². The highest BCUT2D eigenvalue weighted by molar-refractivity contribution is 7.11. The highest BCUT2D eigenvalue weighted by Crippen LogP contribution is 2.30. The van der Waals surface area contributed by atoms with Gasteiger partial charge in [0.05, 0.1) is 0 Å². The largest absolute Gasteiger partial charge is 0.486 e. The van der Waals surface area contributed by atoms with Crippen molar-refractivity contribution in [1.82, 2.24) is 5.32 Å². The molecule has 1 aliphatic rings. The molecule has 3 rings (SSSR count). The minimum Gasteiger partial charge on any atom is -0.486 e. The van der Waals surface area contributed by atoms with Crippen LogP contribution in [-0.2, 0) is 13.0 Å². The first-order valence-corrected chi connectivity index (χ1v) is 7.83. The number of hydrogen-bond donors (Lipinski definition) is 1. The van der Waals surface area contributed by atoms with Gasteiger partial charge in [-0.15, -0.1) is 11.3 Å². The van der Waals surface area contributed by atoms with Crippen molar-refractivity contribution in [1.29, 1.82) is 0 Å². The third-order valence-electron chi connectivity index (χ3n) is 3.30. The SMILES string of the molecule is CCc1ccc(CNCC2COc3ccccc3O2)s1. The molecule has 0 aliphatic carbocycles. The molecule has 1 aromatic carbocycles. The molecule has 0 saturated heterocycles. The van der Waals surface area contributed by atoms with Gasteiger partial charge in [0.2, 0.25) is 0 Å². The quantitative estimate of drug-likeness (QED) is 0.916. The Morgan fingerprint density at radius 1 is 1.15 bits per heavy atom. The molecule has 0 fully saturated rings. The number of rotatable bonds is 5. The van der Waals surface area contributed by atoms with Gasteiger partial charge in [-0.05, 0) is 30.7 Å². The van der Waals surface area contributed by atoms with Crippen LogP contribution in [0.15, 0.2) is 36.4 Å². The second-order valence-electron chi connectivity index (χ2n) is 4.85. The first-order valence-electron chi connectivity index (χ1n) is 7.02. The van der Waals surface area contributed by atoms with Gasteiger partial charge in [0.15, 0.2) is 11.5 Å². The zero-order valence-electron chi connectivity index (χ0n) is 11.6. The molecule has 0 radical (unpaired) electrons. The first kappa shape index (κ1) is 13.5. The molecule has 1 unspecified atom stereocenters. The molecule has 0 spiro atoms. The van der Waals surface area contributed by atoms with E-state index in [1.807, 2.05) is 35.6 Å². The normalized spacial score (nSPS) is 17.1. The number of aryl methyl sites for hydroxylation is 1. The summed E-state index contributed by atoms with van der Waals surface area (Å²) in [6.45, 7) is 4.49.